The van der Waals surface area contributed by atoms with Gasteiger partial charge in [-0.2, -0.15) is 0 Å². The molecule has 0 saturated carbocycles. The molecular weight excluding hydrogens is 268 g/mol. The highest BCUT2D eigenvalue weighted by molar-refractivity contribution is 5.87. The molecule has 1 saturated heterocycles. The van der Waals surface area contributed by atoms with E-state index in [1.807, 2.05) is 6.07 Å². The first-order valence-electron chi connectivity index (χ1n) is 7.73. The van der Waals surface area contributed by atoms with Gasteiger partial charge in [0.1, 0.15) is 0 Å². The van der Waals surface area contributed by atoms with E-state index in [0.717, 1.165) is 12.1 Å². The Morgan fingerprint density at radius 3 is 2.76 bits per heavy atom. The summed E-state index contributed by atoms with van der Waals surface area (Å²) in [6.07, 6.45) is 4.14. The molecule has 2 rings (SSSR count). The van der Waals surface area contributed by atoms with Crippen molar-refractivity contribution < 1.29 is 13.9 Å². The molecule has 1 aliphatic rings. The Bertz CT molecular complexity index is 450. The lowest BCUT2D eigenvalue weighted by atomic mass is 10.0. The summed E-state index contributed by atoms with van der Waals surface area (Å²) in [6, 6.07) is 2.36. The van der Waals surface area contributed by atoms with Gasteiger partial charge in [-0.15, -0.1) is 0 Å². The molecule has 0 aromatic carbocycles. The molecule has 21 heavy (non-hydrogen) atoms. The van der Waals surface area contributed by atoms with E-state index < -0.39 is 5.97 Å². The summed E-state index contributed by atoms with van der Waals surface area (Å²) >= 11 is 0. The SMILES string of the molecule is COC(=O)c1occc1CNCC(C(C)C)N1CCCC1. The number of likely N-dealkylation sites (tertiary alicyclic amines) is 1. The molecule has 5 nitrogen and oxygen atoms in total. The fourth-order valence-electron chi connectivity index (χ4n) is 2.96. The predicted molar refractivity (Wildman–Crippen MR) is 81.2 cm³/mol. The standard InChI is InChI=1S/C16H26N2O3/c1-12(2)14(18-7-4-5-8-18)11-17-10-13-6-9-21-15(13)16(19)20-3/h6,9,12,14,17H,4-5,7-8,10-11H2,1-3H3. The lowest BCUT2D eigenvalue weighted by molar-refractivity contribution is 0.0563. The van der Waals surface area contributed by atoms with Crippen LogP contribution in [-0.2, 0) is 11.3 Å². The molecule has 118 valence electrons. The van der Waals surface area contributed by atoms with Crippen molar-refractivity contribution in [1.82, 2.24) is 10.2 Å². The molecular formula is C16H26N2O3. The van der Waals surface area contributed by atoms with Crippen LogP contribution in [0.3, 0.4) is 0 Å². The minimum absolute atomic E-state index is 0.298. The van der Waals surface area contributed by atoms with Crippen LogP contribution in [0.15, 0.2) is 16.7 Å². The number of esters is 1. The molecule has 0 aliphatic carbocycles. The Labute approximate surface area is 126 Å². The molecule has 0 spiro atoms. The van der Waals surface area contributed by atoms with Gasteiger partial charge in [0.15, 0.2) is 0 Å². The smallest absolute Gasteiger partial charge is 0.374 e. The number of hydrogen-bond donors (Lipinski definition) is 1. The second-order valence-corrected chi connectivity index (χ2v) is 5.95. The Morgan fingerprint density at radius 1 is 1.43 bits per heavy atom. The van der Waals surface area contributed by atoms with Gasteiger partial charge in [0.05, 0.1) is 13.4 Å². The first-order valence-corrected chi connectivity index (χ1v) is 7.73. The topological polar surface area (TPSA) is 54.7 Å². The van der Waals surface area contributed by atoms with Gasteiger partial charge in [-0.3, -0.25) is 4.90 Å². The Kier molecular flexibility index (Phi) is 5.82. The number of carbonyl (C=O) groups excluding carboxylic acids is 1. The number of carbonyl (C=O) groups is 1. The van der Waals surface area contributed by atoms with Crippen molar-refractivity contribution in [1.29, 1.82) is 0 Å². The number of rotatable bonds is 7. The highest BCUT2D eigenvalue weighted by Gasteiger charge is 2.24. The van der Waals surface area contributed by atoms with E-state index in [4.69, 9.17) is 9.15 Å². The lowest BCUT2D eigenvalue weighted by Gasteiger charge is -2.31. The first kappa shape index (κ1) is 16.0. The van der Waals surface area contributed by atoms with Gasteiger partial charge in [0.2, 0.25) is 5.76 Å². The maximum atomic E-state index is 11.6. The third-order valence-corrected chi connectivity index (χ3v) is 4.17. The summed E-state index contributed by atoms with van der Waals surface area (Å²) in [4.78, 5) is 14.1. The summed E-state index contributed by atoms with van der Waals surface area (Å²) in [6.45, 7) is 8.47. The fourth-order valence-corrected chi connectivity index (χ4v) is 2.96. The number of nitrogens with zero attached hydrogens (tertiary/aromatic N) is 1. The molecule has 1 fully saturated rings. The van der Waals surface area contributed by atoms with E-state index in [1.54, 1.807) is 0 Å². The molecule has 0 bridgehead atoms. The van der Waals surface area contributed by atoms with E-state index >= 15 is 0 Å². The molecule has 1 atom stereocenters. The van der Waals surface area contributed by atoms with Crippen LogP contribution in [0.4, 0.5) is 0 Å². The van der Waals surface area contributed by atoms with Gasteiger partial charge in [-0.05, 0) is 37.9 Å². The van der Waals surface area contributed by atoms with Crippen LogP contribution in [0.25, 0.3) is 0 Å². The van der Waals surface area contributed by atoms with Crippen molar-refractivity contribution >= 4 is 5.97 Å². The van der Waals surface area contributed by atoms with E-state index in [9.17, 15) is 4.79 Å². The molecule has 1 unspecified atom stereocenters. The molecule has 1 aromatic heterocycles. The Hall–Kier alpha value is -1.33. The molecule has 5 heteroatoms. The predicted octanol–water partition coefficient (Wildman–Crippen LogP) is 2.28. The van der Waals surface area contributed by atoms with Crippen molar-refractivity contribution in [2.75, 3.05) is 26.7 Å². The summed E-state index contributed by atoms with van der Waals surface area (Å²) < 4.78 is 9.91. The van der Waals surface area contributed by atoms with Crippen molar-refractivity contribution in [3.63, 3.8) is 0 Å². The first-order chi connectivity index (χ1) is 10.1. The Balaban J connectivity index is 1.87. The van der Waals surface area contributed by atoms with Crippen LogP contribution in [0.5, 0.6) is 0 Å². The van der Waals surface area contributed by atoms with Gasteiger partial charge in [0.25, 0.3) is 0 Å². The van der Waals surface area contributed by atoms with Crippen molar-refractivity contribution in [3.05, 3.63) is 23.7 Å². The Morgan fingerprint density at radius 2 is 2.14 bits per heavy atom. The number of hydrogen-bond acceptors (Lipinski definition) is 5. The quantitative estimate of drug-likeness (QED) is 0.782. The molecule has 1 N–H and O–H groups in total. The normalized spacial score (nSPS) is 17.3. The molecule has 0 radical (unpaired) electrons. The average Bonchev–Trinajstić information content (AvgIpc) is 3.13. The molecule has 1 aromatic rings. The van der Waals surface area contributed by atoms with Gasteiger partial charge in [0, 0.05) is 24.7 Å². The van der Waals surface area contributed by atoms with E-state index in [2.05, 4.69) is 24.1 Å². The maximum Gasteiger partial charge on any atom is 0.374 e. The summed E-state index contributed by atoms with van der Waals surface area (Å²) in [7, 11) is 1.37. The van der Waals surface area contributed by atoms with E-state index in [0.29, 0.717) is 24.3 Å². The molecule has 1 aliphatic heterocycles. The third-order valence-electron chi connectivity index (χ3n) is 4.17. The van der Waals surface area contributed by atoms with Crippen LogP contribution in [0.1, 0.15) is 42.8 Å². The summed E-state index contributed by atoms with van der Waals surface area (Å²) in [5.41, 5.74) is 0.853. The molecule has 2 heterocycles. The zero-order valence-corrected chi connectivity index (χ0v) is 13.2. The van der Waals surface area contributed by atoms with Crippen molar-refractivity contribution in [2.24, 2.45) is 5.92 Å². The van der Waals surface area contributed by atoms with E-state index in [-0.39, 0.29) is 0 Å². The van der Waals surface area contributed by atoms with Crippen LogP contribution in [0, 0.1) is 5.92 Å². The number of nitrogens with one attached hydrogen (secondary N) is 1. The van der Waals surface area contributed by atoms with Crippen molar-refractivity contribution in [2.45, 2.75) is 39.3 Å². The van der Waals surface area contributed by atoms with E-state index in [1.165, 1.54) is 39.3 Å². The van der Waals surface area contributed by atoms with Gasteiger partial charge < -0.3 is 14.5 Å². The minimum atomic E-state index is -0.420. The number of methoxy groups -OCH3 is 1. The zero-order chi connectivity index (χ0) is 15.2. The lowest BCUT2D eigenvalue weighted by Crippen LogP contribution is -2.44. The maximum absolute atomic E-state index is 11.6. The largest absolute Gasteiger partial charge is 0.463 e. The molecule has 0 amide bonds. The number of ether oxygens (including phenoxy) is 1. The van der Waals surface area contributed by atoms with Gasteiger partial charge in [-0.25, -0.2) is 4.79 Å². The second-order valence-electron chi connectivity index (χ2n) is 5.95. The number of furan rings is 1. The highest BCUT2D eigenvalue weighted by atomic mass is 16.5. The monoisotopic (exact) mass is 294 g/mol. The highest BCUT2D eigenvalue weighted by Crippen LogP contribution is 2.17. The van der Waals surface area contributed by atoms with Gasteiger partial charge in [-0.1, -0.05) is 13.8 Å². The van der Waals surface area contributed by atoms with Crippen molar-refractivity contribution in [3.8, 4) is 0 Å². The van der Waals surface area contributed by atoms with Crippen LogP contribution >= 0.6 is 0 Å². The summed E-state index contributed by atoms with van der Waals surface area (Å²) in [5, 5.41) is 3.46. The fraction of sp³-hybridized carbons (Fsp3) is 0.688. The summed E-state index contributed by atoms with van der Waals surface area (Å²) in [5.74, 6) is 0.490. The minimum Gasteiger partial charge on any atom is -0.463 e. The van der Waals surface area contributed by atoms with Crippen LogP contribution in [0.2, 0.25) is 0 Å². The van der Waals surface area contributed by atoms with Crippen LogP contribution < -0.4 is 5.32 Å². The van der Waals surface area contributed by atoms with Gasteiger partial charge >= 0.3 is 5.97 Å². The third kappa shape index (κ3) is 4.08. The second kappa shape index (κ2) is 7.61. The zero-order valence-electron chi connectivity index (χ0n) is 13.2. The van der Waals surface area contributed by atoms with Crippen LogP contribution in [-0.4, -0.2) is 43.7 Å². The average molecular weight is 294 g/mol.